The predicted molar refractivity (Wildman–Crippen MR) is 54.8 cm³/mol. The first-order valence-corrected chi connectivity index (χ1v) is 4.87. The first-order chi connectivity index (χ1) is 6.36. The molecule has 1 saturated heterocycles. The SMILES string of the molecule is Cc1cccc([C@H]2CNCCN2)c1. The molecule has 1 aromatic rings. The molecule has 1 atom stereocenters. The lowest BCUT2D eigenvalue weighted by molar-refractivity contribution is 0.430. The van der Waals surface area contributed by atoms with E-state index in [0.29, 0.717) is 6.04 Å². The van der Waals surface area contributed by atoms with E-state index in [2.05, 4.69) is 41.8 Å². The third-order valence-corrected chi connectivity index (χ3v) is 2.49. The predicted octanol–water partition coefficient (Wildman–Crippen LogP) is 1.23. The molecule has 1 aliphatic rings. The molecule has 2 nitrogen and oxygen atoms in total. The van der Waals surface area contributed by atoms with Crippen molar-refractivity contribution in [2.75, 3.05) is 19.6 Å². The molecule has 1 heterocycles. The molecule has 1 fully saturated rings. The van der Waals surface area contributed by atoms with Crippen molar-refractivity contribution in [1.29, 1.82) is 0 Å². The topological polar surface area (TPSA) is 24.1 Å². The summed E-state index contributed by atoms with van der Waals surface area (Å²) in [7, 11) is 0. The summed E-state index contributed by atoms with van der Waals surface area (Å²) in [6, 6.07) is 9.21. The number of hydrogen-bond donors (Lipinski definition) is 2. The van der Waals surface area contributed by atoms with E-state index in [4.69, 9.17) is 0 Å². The van der Waals surface area contributed by atoms with Crippen LogP contribution < -0.4 is 10.6 Å². The zero-order chi connectivity index (χ0) is 9.10. The van der Waals surface area contributed by atoms with Crippen LogP contribution >= 0.6 is 0 Å². The van der Waals surface area contributed by atoms with Crippen LogP contribution in [-0.4, -0.2) is 19.6 Å². The van der Waals surface area contributed by atoms with Crippen LogP contribution in [-0.2, 0) is 0 Å². The summed E-state index contributed by atoms with van der Waals surface area (Å²) >= 11 is 0. The Morgan fingerprint density at radius 2 is 2.23 bits per heavy atom. The summed E-state index contributed by atoms with van der Waals surface area (Å²) in [5.41, 5.74) is 2.73. The van der Waals surface area contributed by atoms with Gasteiger partial charge in [-0.1, -0.05) is 29.8 Å². The van der Waals surface area contributed by atoms with E-state index in [9.17, 15) is 0 Å². The molecule has 0 saturated carbocycles. The van der Waals surface area contributed by atoms with Crippen molar-refractivity contribution in [3.05, 3.63) is 35.4 Å². The van der Waals surface area contributed by atoms with Gasteiger partial charge in [-0.15, -0.1) is 0 Å². The number of nitrogens with one attached hydrogen (secondary N) is 2. The largest absolute Gasteiger partial charge is 0.314 e. The first-order valence-electron chi connectivity index (χ1n) is 4.87. The molecule has 13 heavy (non-hydrogen) atoms. The second-order valence-electron chi connectivity index (χ2n) is 3.62. The van der Waals surface area contributed by atoms with Gasteiger partial charge in [-0.3, -0.25) is 0 Å². The van der Waals surface area contributed by atoms with E-state index in [0.717, 1.165) is 19.6 Å². The van der Waals surface area contributed by atoms with Crippen molar-refractivity contribution in [3.63, 3.8) is 0 Å². The second kappa shape index (κ2) is 3.90. The van der Waals surface area contributed by atoms with Gasteiger partial charge in [-0.25, -0.2) is 0 Å². The standard InChI is InChI=1S/C11H16N2/c1-9-3-2-4-10(7-9)11-8-12-5-6-13-11/h2-4,7,11-13H,5-6,8H2,1H3/t11-/m1/s1. The number of aryl methyl sites for hydroxylation is 1. The first kappa shape index (κ1) is 8.73. The van der Waals surface area contributed by atoms with E-state index >= 15 is 0 Å². The summed E-state index contributed by atoms with van der Waals surface area (Å²) < 4.78 is 0. The van der Waals surface area contributed by atoms with Crippen LogP contribution in [0, 0.1) is 6.92 Å². The van der Waals surface area contributed by atoms with Crippen molar-refractivity contribution in [3.8, 4) is 0 Å². The van der Waals surface area contributed by atoms with Gasteiger partial charge in [-0.05, 0) is 12.5 Å². The Morgan fingerprint density at radius 3 is 2.92 bits per heavy atom. The van der Waals surface area contributed by atoms with E-state index in [-0.39, 0.29) is 0 Å². The third kappa shape index (κ3) is 2.08. The maximum absolute atomic E-state index is 3.50. The fraction of sp³-hybridized carbons (Fsp3) is 0.455. The van der Waals surface area contributed by atoms with Crippen molar-refractivity contribution in [2.24, 2.45) is 0 Å². The monoisotopic (exact) mass is 176 g/mol. The van der Waals surface area contributed by atoms with E-state index in [1.807, 2.05) is 0 Å². The summed E-state index contributed by atoms with van der Waals surface area (Å²) in [6.07, 6.45) is 0. The van der Waals surface area contributed by atoms with Crippen LogP contribution in [0.25, 0.3) is 0 Å². The minimum atomic E-state index is 0.494. The van der Waals surface area contributed by atoms with Crippen LogP contribution in [0.15, 0.2) is 24.3 Å². The molecule has 0 radical (unpaired) electrons. The van der Waals surface area contributed by atoms with Gasteiger partial charge in [0.15, 0.2) is 0 Å². The Labute approximate surface area is 79.4 Å². The van der Waals surface area contributed by atoms with Crippen molar-refractivity contribution in [1.82, 2.24) is 10.6 Å². The molecule has 1 aromatic carbocycles. The zero-order valence-electron chi connectivity index (χ0n) is 8.01. The van der Waals surface area contributed by atoms with Gasteiger partial charge in [0.05, 0.1) is 0 Å². The van der Waals surface area contributed by atoms with Gasteiger partial charge >= 0.3 is 0 Å². The van der Waals surface area contributed by atoms with E-state index in [1.165, 1.54) is 11.1 Å². The number of rotatable bonds is 1. The molecular weight excluding hydrogens is 160 g/mol. The second-order valence-corrected chi connectivity index (χ2v) is 3.62. The molecule has 70 valence electrons. The van der Waals surface area contributed by atoms with Crippen molar-refractivity contribution in [2.45, 2.75) is 13.0 Å². The number of benzene rings is 1. The highest BCUT2D eigenvalue weighted by Crippen LogP contribution is 2.14. The van der Waals surface area contributed by atoms with Gasteiger partial charge in [0.2, 0.25) is 0 Å². The highest BCUT2D eigenvalue weighted by atomic mass is 15.1. The van der Waals surface area contributed by atoms with Crippen molar-refractivity contribution < 1.29 is 0 Å². The molecule has 0 spiro atoms. The fourth-order valence-electron chi connectivity index (χ4n) is 1.78. The van der Waals surface area contributed by atoms with Crippen LogP contribution in [0.2, 0.25) is 0 Å². The highest BCUT2D eigenvalue weighted by Gasteiger charge is 2.13. The maximum Gasteiger partial charge on any atom is 0.0447 e. The Bertz CT molecular complexity index is 277. The average Bonchev–Trinajstić information content (AvgIpc) is 2.19. The van der Waals surface area contributed by atoms with Gasteiger partial charge in [0.25, 0.3) is 0 Å². The zero-order valence-corrected chi connectivity index (χ0v) is 8.01. The lowest BCUT2D eigenvalue weighted by atomic mass is 10.0. The van der Waals surface area contributed by atoms with Crippen LogP contribution in [0.4, 0.5) is 0 Å². The normalized spacial score (nSPS) is 23.0. The van der Waals surface area contributed by atoms with E-state index < -0.39 is 0 Å². The molecule has 0 aliphatic carbocycles. The molecular formula is C11H16N2. The fourth-order valence-corrected chi connectivity index (χ4v) is 1.78. The Morgan fingerprint density at radius 1 is 1.31 bits per heavy atom. The van der Waals surface area contributed by atoms with Crippen LogP contribution in [0.1, 0.15) is 17.2 Å². The molecule has 2 heteroatoms. The van der Waals surface area contributed by atoms with Gasteiger partial charge in [0, 0.05) is 25.7 Å². The summed E-state index contributed by atoms with van der Waals surface area (Å²) in [6.45, 7) is 5.34. The third-order valence-electron chi connectivity index (χ3n) is 2.49. The lowest BCUT2D eigenvalue weighted by Crippen LogP contribution is -2.42. The van der Waals surface area contributed by atoms with Gasteiger partial charge in [-0.2, -0.15) is 0 Å². The molecule has 0 amide bonds. The Hall–Kier alpha value is -0.860. The van der Waals surface area contributed by atoms with Crippen LogP contribution in [0.3, 0.4) is 0 Å². The van der Waals surface area contributed by atoms with Crippen molar-refractivity contribution >= 4 is 0 Å². The highest BCUT2D eigenvalue weighted by molar-refractivity contribution is 5.25. The molecule has 0 bridgehead atoms. The average molecular weight is 176 g/mol. The number of hydrogen-bond acceptors (Lipinski definition) is 2. The minimum Gasteiger partial charge on any atom is -0.314 e. The summed E-state index contributed by atoms with van der Waals surface area (Å²) in [5.74, 6) is 0. The van der Waals surface area contributed by atoms with Crippen LogP contribution in [0.5, 0.6) is 0 Å². The maximum atomic E-state index is 3.50. The summed E-state index contributed by atoms with van der Waals surface area (Å²) in [5, 5.41) is 6.89. The smallest absolute Gasteiger partial charge is 0.0447 e. The molecule has 1 aliphatic heterocycles. The molecule has 0 aromatic heterocycles. The summed E-state index contributed by atoms with van der Waals surface area (Å²) in [4.78, 5) is 0. The molecule has 2 N–H and O–H groups in total. The minimum absolute atomic E-state index is 0.494. The Balaban J connectivity index is 2.14. The molecule has 2 rings (SSSR count). The number of piperazine rings is 1. The van der Waals surface area contributed by atoms with Gasteiger partial charge < -0.3 is 10.6 Å². The lowest BCUT2D eigenvalue weighted by Gasteiger charge is -2.25. The quantitative estimate of drug-likeness (QED) is 0.672. The molecule has 0 unspecified atom stereocenters. The van der Waals surface area contributed by atoms with Gasteiger partial charge in [0.1, 0.15) is 0 Å². The Kier molecular flexibility index (Phi) is 2.62. The van der Waals surface area contributed by atoms with E-state index in [1.54, 1.807) is 0 Å².